The minimum atomic E-state index is -0.284. The van der Waals surface area contributed by atoms with Crippen molar-refractivity contribution in [2.24, 2.45) is 5.84 Å². The van der Waals surface area contributed by atoms with Crippen molar-refractivity contribution in [1.29, 1.82) is 0 Å². The maximum absolute atomic E-state index is 11.3. The van der Waals surface area contributed by atoms with E-state index in [1.807, 2.05) is 32.0 Å². The van der Waals surface area contributed by atoms with Crippen molar-refractivity contribution in [2.75, 3.05) is 0 Å². The summed E-state index contributed by atoms with van der Waals surface area (Å²) in [5.41, 5.74) is 3.48. The number of hydrazine groups is 1. The lowest BCUT2D eigenvalue weighted by atomic mass is 10.1. The van der Waals surface area contributed by atoms with Crippen LogP contribution >= 0.6 is 0 Å². The summed E-state index contributed by atoms with van der Waals surface area (Å²) >= 11 is 0. The SMILES string of the molecule is CC.NNC(=O)c1cccc2cc[nH]c12. The van der Waals surface area contributed by atoms with Crippen molar-refractivity contribution in [3.63, 3.8) is 0 Å². The molecule has 0 spiro atoms. The number of carbonyl (C=O) groups excluding carboxylic acids is 1. The number of rotatable bonds is 1. The molecule has 0 saturated carbocycles. The van der Waals surface area contributed by atoms with Gasteiger partial charge in [-0.05, 0) is 12.1 Å². The number of fused-ring (bicyclic) bond motifs is 1. The van der Waals surface area contributed by atoms with Gasteiger partial charge < -0.3 is 4.98 Å². The fourth-order valence-corrected chi connectivity index (χ4v) is 1.35. The van der Waals surface area contributed by atoms with Gasteiger partial charge in [0.1, 0.15) is 0 Å². The van der Waals surface area contributed by atoms with Crippen molar-refractivity contribution >= 4 is 16.8 Å². The third-order valence-electron chi connectivity index (χ3n) is 1.96. The minimum absolute atomic E-state index is 0.284. The Morgan fingerprint density at radius 3 is 2.73 bits per heavy atom. The van der Waals surface area contributed by atoms with E-state index < -0.39 is 0 Å². The topological polar surface area (TPSA) is 70.9 Å². The highest BCUT2D eigenvalue weighted by atomic mass is 16.2. The second kappa shape index (κ2) is 5.17. The Kier molecular flexibility index (Phi) is 3.88. The first-order valence-electron chi connectivity index (χ1n) is 4.90. The number of benzene rings is 1. The second-order valence-corrected chi connectivity index (χ2v) is 2.72. The number of hydrogen-bond acceptors (Lipinski definition) is 2. The molecular formula is C11H15N3O. The quantitative estimate of drug-likeness (QED) is 0.377. The molecule has 1 aromatic heterocycles. The summed E-state index contributed by atoms with van der Waals surface area (Å²) in [7, 11) is 0. The third kappa shape index (κ3) is 2.16. The van der Waals surface area contributed by atoms with E-state index in [9.17, 15) is 4.79 Å². The van der Waals surface area contributed by atoms with E-state index in [4.69, 9.17) is 5.84 Å². The lowest BCUT2D eigenvalue weighted by Crippen LogP contribution is -2.30. The monoisotopic (exact) mass is 205 g/mol. The van der Waals surface area contributed by atoms with Gasteiger partial charge in [-0.2, -0.15) is 0 Å². The molecule has 0 atom stereocenters. The second-order valence-electron chi connectivity index (χ2n) is 2.72. The number of carbonyl (C=O) groups is 1. The first-order chi connectivity index (χ1) is 7.33. The first-order valence-corrected chi connectivity index (χ1v) is 4.90. The molecule has 0 saturated heterocycles. The fraction of sp³-hybridized carbons (Fsp3) is 0.182. The molecule has 0 aliphatic carbocycles. The molecule has 80 valence electrons. The van der Waals surface area contributed by atoms with Crippen LogP contribution in [0.2, 0.25) is 0 Å². The summed E-state index contributed by atoms with van der Waals surface area (Å²) in [6.07, 6.45) is 1.79. The minimum Gasteiger partial charge on any atom is -0.361 e. The van der Waals surface area contributed by atoms with Gasteiger partial charge in [0, 0.05) is 11.6 Å². The van der Waals surface area contributed by atoms with Crippen LogP contribution in [-0.4, -0.2) is 10.9 Å². The average molecular weight is 205 g/mol. The van der Waals surface area contributed by atoms with E-state index in [1.54, 1.807) is 12.3 Å². The van der Waals surface area contributed by atoms with Gasteiger partial charge in [-0.25, -0.2) is 5.84 Å². The molecule has 4 heteroatoms. The van der Waals surface area contributed by atoms with Crippen molar-refractivity contribution in [3.8, 4) is 0 Å². The zero-order valence-electron chi connectivity index (χ0n) is 8.87. The largest absolute Gasteiger partial charge is 0.361 e. The lowest BCUT2D eigenvalue weighted by Gasteiger charge is -2.00. The van der Waals surface area contributed by atoms with E-state index in [0.29, 0.717) is 5.56 Å². The van der Waals surface area contributed by atoms with E-state index >= 15 is 0 Å². The summed E-state index contributed by atoms with van der Waals surface area (Å²) in [5.74, 6) is 4.77. The number of aromatic nitrogens is 1. The van der Waals surface area contributed by atoms with Gasteiger partial charge in [0.25, 0.3) is 5.91 Å². The van der Waals surface area contributed by atoms with Gasteiger partial charge in [-0.1, -0.05) is 26.0 Å². The summed E-state index contributed by atoms with van der Waals surface area (Å²) in [6.45, 7) is 4.00. The van der Waals surface area contributed by atoms with Crippen molar-refractivity contribution in [2.45, 2.75) is 13.8 Å². The molecule has 0 aliphatic rings. The Bertz CT molecular complexity index is 448. The predicted octanol–water partition coefficient (Wildman–Crippen LogP) is 1.80. The number of nitrogen functional groups attached to an aromatic ring is 1. The highest BCUT2D eigenvalue weighted by Gasteiger charge is 2.07. The molecule has 0 radical (unpaired) electrons. The highest BCUT2D eigenvalue weighted by molar-refractivity contribution is 6.05. The molecule has 0 bridgehead atoms. The Morgan fingerprint density at radius 1 is 1.33 bits per heavy atom. The van der Waals surface area contributed by atoms with E-state index in [0.717, 1.165) is 10.9 Å². The van der Waals surface area contributed by atoms with Gasteiger partial charge in [-0.15, -0.1) is 0 Å². The van der Waals surface area contributed by atoms with Crippen LogP contribution in [0.4, 0.5) is 0 Å². The normalized spacial score (nSPS) is 9.27. The van der Waals surface area contributed by atoms with Crippen molar-refractivity contribution in [1.82, 2.24) is 10.4 Å². The predicted molar refractivity (Wildman–Crippen MR) is 61.3 cm³/mol. The molecule has 1 amide bonds. The maximum Gasteiger partial charge on any atom is 0.267 e. The lowest BCUT2D eigenvalue weighted by molar-refractivity contribution is 0.0955. The summed E-state index contributed by atoms with van der Waals surface area (Å²) in [4.78, 5) is 14.3. The number of nitrogens with two attached hydrogens (primary N) is 1. The third-order valence-corrected chi connectivity index (χ3v) is 1.96. The summed E-state index contributed by atoms with van der Waals surface area (Å²) in [6, 6.07) is 7.38. The Hall–Kier alpha value is -1.81. The molecule has 1 aromatic carbocycles. The average Bonchev–Trinajstić information content (AvgIpc) is 2.78. The number of aromatic amines is 1. The van der Waals surface area contributed by atoms with E-state index in [1.165, 1.54) is 0 Å². The molecular weight excluding hydrogens is 190 g/mol. The Labute approximate surface area is 88.4 Å². The number of para-hydroxylation sites is 1. The van der Waals surface area contributed by atoms with Gasteiger partial charge >= 0.3 is 0 Å². The van der Waals surface area contributed by atoms with Crippen LogP contribution in [0, 0.1) is 0 Å². The summed E-state index contributed by atoms with van der Waals surface area (Å²) < 4.78 is 0. The molecule has 2 rings (SSSR count). The van der Waals surface area contributed by atoms with Crippen LogP contribution in [0.25, 0.3) is 10.9 Å². The van der Waals surface area contributed by atoms with Gasteiger partial charge in [0.2, 0.25) is 0 Å². The van der Waals surface area contributed by atoms with Crippen molar-refractivity contribution in [3.05, 3.63) is 36.0 Å². The molecule has 15 heavy (non-hydrogen) atoms. The maximum atomic E-state index is 11.3. The first kappa shape index (κ1) is 11.3. The molecule has 0 aliphatic heterocycles. The van der Waals surface area contributed by atoms with Gasteiger partial charge in [0.15, 0.2) is 0 Å². The van der Waals surface area contributed by atoms with Crippen LogP contribution in [0.15, 0.2) is 30.5 Å². The zero-order valence-corrected chi connectivity index (χ0v) is 8.87. The standard InChI is InChI=1S/C9H9N3O.C2H6/c10-12-9(13)7-3-1-2-6-4-5-11-8(6)7;1-2/h1-5,11H,10H2,(H,12,13);1-2H3. The van der Waals surface area contributed by atoms with E-state index in [-0.39, 0.29) is 5.91 Å². The van der Waals surface area contributed by atoms with Crippen LogP contribution < -0.4 is 11.3 Å². The molecule has 0 unspecified atom stereocenters. The molecule has 2 aromatic rings. The molecule has 4 nitrogen and oxygen atoms in total. The molecule has 1 heterocycles. The summed E-state index contributed by atoms with van der Waals surface area (Å²) in [5, 5.41) is 1.00. The Balaban J connectivity index is 0.000000531. The zero-order chi connectivity index (χ0) is 11.3. The number of nitrogens with one attached hydrogen (secondary N) is 2. The number of hydrogen-bond donors (Lipinski definition) is 3. The fourth-order valence-electron chi connectivity index (χ4n) is 1.35. The van der Waals surface area contributed by atoms with Gasteiger partial charge in [-0.3, -0.25) is 10.2 Å². The smallest absolute Gasteiger partial charge is 0.267 e. The van der Waals surface area contributed by atoms with E-state index in [2.05, 4.69) is 10.4 Å². The van der Waals surface area contributed by atoms with Crippen LogP contribution in [0.1, 0.15) is 24.2 Å². The Morgan fingerprint density at radius 2 is 2.07 bits per heavy atom. The van der Waals surface area contributed by atoms with Crippen LogP contribution in [0.5, 0.6) is 0 Å². The highest BCUT2D eigenvalue weighted by Crippen LogP contribution is 2.16. The molecule has 4 N–H and O–H groups in total. The number of amides is 1. The number of H-pyrrole nitrogens is 1. The van der Waals surface area contributed by atoms with Gasteiger partial charge in [0.05, 0.1) is 11.1 Å². The van der Waals surface area contributed by atoms with Crippen LogP contribution in [-0.2, 0) is 0 Å². The van der Waals surface area contributed by atoms with Crippen molar-refractivity contribution < 1.29 is 4.79 Å². The molecule has 0 fully saturated rings. The van der Waals surface area contributed by atoms with Crippen LogP contribution in [0.3, 0.4) is 0 Å².